The van der Waals surface area contributed by atoms with E-state index in [1.807, 2.05) is 56.3 Å². The quantitative estimate of drug-likeness (QED) is 0.216. The van der Waals surface area contributed by atoms with Gasteiger partial charge in [-0.2, -0.15) is 0 Å². The molecule has 152 valence electrons. The number of aliphatic imine (C=N–C) groups is 1. The summed E-state index contributed by atoms with van der Waals surface area (Å²) in [4.78, 5) is 16.6. The Morgan fingerprint density at radius 2 is 1.61 bits per heavy atom. The normalized spacial score (nSPS) is 10.6. The molecule has 6 nitrogen and oxygen atoms in total. The number of carbonyl (C=O) groups is 1. The molecule has 0 fully saturated rings. The second-order valence-corrected chi connectivity index (χ2v) is 5.78. The first kappa shape index (κ1) is 23.7. The van der Waals surface area contributed by atoms with Crippen molar-refractivity contribution < 1.29 is 9.53 Å². The molecule has 3 N–H and O–H groups in total. The Morgan fingerprint density at radius 3 is 2.32 bits per heavy atom. The first-order valence-electron chi connectivity index (χ1n) is 9.30. The lowest BCUT2D eigenvalue weighted by atomic mass is 10.2. The predicted octanol–water partition coefficient (Wildman–Crippen LogP) is 3.19. The summed E-state index contributed by atoms with van der Waals surface area (Å²) < 4.78 is 5.64. The van der Waals surface area contributed by atoms with Crippen molar-refractivity contribution in [1.29, 1.82) is 0 Å². The van der Waals surface area contributed by atoms with Gasteiger partial charge < -0.3 is 20.7 Å². The van der Waals surface area contributed by atoms with E-state index < -0.39 is 0 Å². The van der Waals surface area contributed by atoms with Crippen molar-refractivity contribution in [3.05, 3.63) is 65.7 Å². The molecule has 28 heavy (non-hydrogen) atoms. The number of nitrogens with zero attached hydrogens (tertiary/aromatic N) is 1. The number of halogens is 1. The molecular formula is C21H29IN4O2. The second kappa shape index (κ2) is 13.8. The number of carbonyl (C=O) groups excluding carboxylic acids is 1. The molecule has 0 aliphatic rings. The van der Waals surface area contributed by atoms with Gasteiger partial charge in [-0.05, 0) is 32.0 Å². The summed E-state index contributed by atoms with van der Waals surface area (Å²) in [6.07, 6.45) is 0. The lowest BCUT2D eigenvalue weighted by molar-refractivity contribution is 0.0954. The molecule has 0 unspecified atom stereocenters. The van der Waals surface area contributed by atoms with Gasteiger partial charge in [-0.25, -0.2) is 4.99 Å². The fourth-order valence-corrected chi connectivity index (χ4v) is 2.49. The minimum atomic E-state index is -0.0787. The Morgan fingerprint density at radius 1 is 0.929 bits per heavy atom. The Labute approximate surface area is 184 Å². The highest BCUT2D eigenvalue weighted by Crippen LogP contribution is 2.18. The molecule has 0 aromatic heterocycles. The van der Waals surface area contributed by atoms with Gasteiger partial charge in [-0.15, -0.1) is 24.0 Å². The van der Waals surface area contributed by atoms with Crippen molar-refractivity contribution in [3.8, 4) is 5.75 Å². The van der Waals surface area contributed by atoms with E-state index in [1.165, 1.54) is 0 Å². The fourth-order valence-electron chi connectivity index (χ4n) is 2.49. The van der Waals surface area contributed by atoms with Crippen LogP contribution in [0, 0.1) is 0 Å². The maximum atomic E-state index is 12.0. The van der Waals surface area contributed by atoms with Crippen molar-refractivity contribution in [2.45, 2.75) is 20.4 Å². The number of rotatable bonds is 9. The zero-order valence-corrected chi connectivity index (χ0v) is 18.7. The molecule has 2 aromatic rings. The molecule has 0 saturated heterocycles. The molecule has 0 aliphatic heterocycles. The highest BCUT2D eigenvalue weighted by Gasteiger charge is 2.05. The molecule has 2 aromatic carbocycles. The minimum absolute atomic E-state index is 0. The molecule has 0 radical (unpaired) electrons. The SMILES string of the molecule is CCNC(=NCc1ccccc1OCC)NCCNC(=O)c1ccccc1.I. The molecule has 0 saturated carbocycles. The van der Waals surface area contributed by atoms with Crippen LogP contribution in [0.4, 0.5) is 0 Å². The van der Waals surface area contributed by atoms with Gasteiger partial charge in [0.15, 0.2) is 5.96 Å². The van der Waals surface area contributed by atoms with Crippen molar-refractivity contribution >= 4 is 35.8 Å². The third-order valence-electron chi connectivity index (χ3n) is 3.76. The third kappa shape index (κ3) is 8.16. The molecule has 0 spiro atoms. The first-order chi connectivity index (χ1) is 13.2. The third-order valence-corrected chi connectivity index (χ3v) is 3.76. The van der Waals surface area contributed by atoms with E-state index in [2.05, 4.69) is 20.9 Å². The van der Waals surface area contributed by atoms with Gasteiger partial charge in [-0.1, -0.05) is 36.4 Å². The van der Waals surface area contributed by atoms with Gasteiger partial charge in [0.2, 0.25) is 0 Å². The van der Waals surface area contributed by atoms with E-state index in [9.17, 15) is 4.79 Å². The van der Waals surface area contributed by atoms with Crippen LogP contribution in [0.25, 0.3) is 0 Å². The van der Waals surface area contributed by atoms with Crippen LogP contribution in [0.2, 0.25) is 0 Å². The average molecular weight is 496 g/mol. The average Bonchev–Trinajstić information content (AvgIpc) is 2.71. The molecule has 0 bridgehead atoms. The van der Waals surface area contributed by atoms with Crippen LogP contribution >= 0.6 is 24.0 Å². The summed E-state index contributed by atoms with van der Waals surface area (Å²) >= 11 is 0. The minimum Gasteiger partial charge on any atom is -0.494 e. The van der Waals surface area contributed by atoms with Gasteiger partial charge in [-0.3, -0.25) is 4.79 Å². The van der Waals surface area contributed by atoms with Crippen LogP contribution in [0.15, 0.2) is 59.6 Å². The number of hydrogen-bond acceptors (Lipinski definition) is 3. The standard InChI is InChI=1S/C21H28N4O2.HI/c1-3-22-21(25-16-18-12-8-9-13-19(18)27-4-2)24-15-14-23-20(26)17-10-6-5-7-11-17;/h5-13H,3-4,14-16H2,1-2H3,(H,23,26)(H2,22,24,25);1H. The zero-order chi connectivity index (χ0) is 19.3. The highest BCUT2D eigenvalue weighted by atomic mass is 127. The van der Waals surface area contributed by atoms with Gasteiger partial charge in [0.1, 0.15) is 5.75 Å². The maximum absolute atomic E-state index is 12.0. The van der Waals surface area contributed by atoms with Crippen LogP contribution < -0.4 is 20.7 Å². The van der Waals surface area contributed by atoms with Gasteiger partial charge in [0, 0.05) is 30.8 Å². The number of guanidine groups is 1. The molecular weight excluding hydrogens is 467 g/mol. The molecule has 1 amide bonds. The fraction of sp³-hybridized carbons (Fsp3) is 0.333. The zero-order valence-electron chi connectivity index (χ0n) is 16.4. The molecule has 0 heterocycles. The van der Waals surface area contributed by atoms with E-state index in [1.54, 1.807) is 12.1 Å². The second-order valence-electron chi connectivity index (χ2n) is 5.78. The molecule has 7 heteroatoms. The van der Waals surface area contributed by atoms with Crippen molar-refractivity contribution in [2.75, 3.05) is 26.2 Å². The number of nitrogens with one attached hydrogen (secondary N) is 3. The summed E-state index contributed by atoms with van der Waals surface area (Å²) in [6.45, 7) is 6.97. The number of amides is 1. The van der Waals surface area contributed by atoms with Crippen molar-refractivity contribution in [1.82, 2.24) is 16.0 Å². The Bertz CT molecular complexity index is 738. The molecule has 0 atom stereocenters. The van der Waals surface area contributed by atoms with Gasteiger partial charge in [0.25, 0.3) is 5.91 Å². The number of benzene rings is 2. The van der Waals surface area contributed by atoms with Crippen LogP contribution in [-0.2, 0) is 6.54 Å². The number of hydrogen-bond donors (Lipinski definition) is 3. The number of para-hydroxylation sites is 1. The Kier molecular flexibility index (Phi) is 11.7. The van der Waals surface area contributed by atoms with Crippen LogP contribution in [0.3, 0.4) is 0 Å². The Balaban J connectivity index is 0.00000392. The predicted molar refractivity (Wildman–Crippen MR) is 125 cm³/mol. The summed E-state index contributed by atoms with van der Waals surface area (Å²) in [5.74, 6) is 1.48. The summed E-state index contributed by atoms with van der Waals surface area (Å²) in [5.41, 5.74) is 1.69. The highest BCUT2D eigenvalue weighted by molar-refractivity contribution is 14.0. The van der Waals surface area contributed by atoms with E-state index in [4.69, 9.17) is 4.74 Å². The van der Waals surface area contributed by atoms with Crippen LogP contribution in [0.1, 0.15) is 29.8 Å². The van der Waals surface area contributed by atoms with E-state index in [0.29, 0.717) is 37.8 Å². The first-order valence-corrected chi connectivity index (χ1v) is 9.30. The van der Waals surface area contributed by atoms with Crippen molar-refractivity contribution in [3.63, 3.8) is 0 Å². The van der Waals surface area contributed by atoms with Crippen molar-refractivity contribution in [2.24, 2.45) is 4.99 Å². The lowest BCUT2D eigenvalue weighted by Crippen LogP contribution is -2.41. The Hall–Kier alpha value is -2.29. The van der Waals surface area contributed by atoms with Gasteiger partial charge >= 0.3 is 0 Å². The van der Waals surface area contributed by atoms with Crippen LogP contribution in [0.5, 0.6) is 5.75 Å². The van der Waals surface area contributed by atoms with Gasteiger partial charge in [0.05, 0.1) is 13.2 Å². The maximum Gasteiger partial charge on any atom is 0.251 e. The summed E-state index contributed by atoms with van der Waals surface area (Å²) in [6, 6.07) is 17.1. The largest absolute Gasteiger partial charge is 0.494 e. The lowest BCUT2D eigenvalue weighted by Gasteiger charge is -2.13. The smallest absolute Gasteiger partial charge is 0.251 e. The summed E-state index contributed by atoms with van der Waals surface area (Å²) in [5, 5.41) is 9.33. The van der Waals surface area contributed by atoms with Crippen LogP contribution in [-0.4, -0.2) is 38.1 Å². The van der Waals surface area contributed by atoms with E-state index >= 15 is 0 Å². The van der Waals surface area contributed by atoms with E-state index in [0.717, 1.165) is 17.9 Å². The topological polar surface area (TPSA) is 74.8 Å². The summed E-state index contributed by atoms with van der Waals surface area (Å²) in [7, 11) is 0. The molecule has 2 rings (SSSR count). The molecule has 0 aliphatic carbocycles. The monoisotopic (exact) mass is 496 g/mol. The van der Waals surface area contributed by atoms with E-state index in [-0.39, 0.29) is 29.9 Å². The number of ether oxygens (including phenoxy) is 1.